The van der Waals surface area contributed by atoms with Crippen LogP contribution >= 0.6 is 11.3 Å². The normalized spacial score (nSPS) is 21.2. The molecule has 0 aromatic carbocycles. The Balaban J connectivity index is 1.55. The number of likely N-dealkylation sites (tertiary alicyclic amines) is 1. The van der Waals surface area contributed by atoms with Crippen LogP contribution in [0.3, 0.4) is 0 Å². The van der Waals surface area contributed by atoms with E-state index in [-0.39, 0.29) is 0 Å². The van der Waals surface area contributed by atoms with Gasteiger partial charge in [0.15, 0.2) is 0 Å². The number of piperidine rings is 1. The fourth-order valence-corrected chi connectivity index (χ4v) is 3.27. The molecule has 0 saturated carbocycles. The van der Waals surface area contributed by atoms with Crippen LogP contribution in [0.1, 0.15) is 24.2 Å². The molecule has 1 saturated heterocycles. The van der Waals surface area contributed by atoms with E-state index in [1.54, 1.807) is 11.3 Å². The van der Waals surface area contributed by atoms with Gasteiger partial charge in [0.05, 0.1) is 11.2 Å². The summed E-state index contributed by atoms with van der Waals surface area (Å²) in [7, 11) is 0. The molecule has 18 heavy (non-hydrogen) atoms. The van der Waals surface area contributed by atoms with Gasteiger partial charge in [0, 0.05) is 30.4 Å². The first-order valence-electron chi connectivity index (χ1n) is 6.48. The van der Waals surface area contributed by atoms with Crippen molar-refractivity contribution in [3.05, 3.63) is 34.5 Å². The monoisotopic (exact) mass is 262 g/mol. The fraction of sp³-hybridized carbons (Fsp3) is 0.538. The van der Waals surface area contributed by atoms with Gasteiger partial charge in [-0.3, -0.25) is 10.00 Å². The number of hydrogen-bond acceptors (Lipinski definition) is 4. The van der Waals surface area contributed by atoms with Crippen molar-refractivity contribution in [2.45, 2.75) is 25.8 Å². The van der Waals surface area contributed by atoms with Crippen LogP contribution in [0.2, 0.25) is 0 Å². The Labute approximate surface area is 111 Å². The molecule has 0 amide bonds. The average molecular weight is 262 g/mol. The predicted octanol–water partition coefficient (Wildman–Crippen LogP) is 2.32. The van der Waals surface area contributed by atoms with Crippen molar-refractivity contribution in [1.29, 1.82) is 0 Å². The summed E-state index contributed by atoms with van der Waals surface area (Å²) >= 11 is 1.68. The van der Waals surface area contributed by atoms with E-state index in [2.05, 4.69) is 31.5 Å². The van der Waals surface area contributed by atoms with Crippen LogP contribution in [0.15, 0.2) is 23.2 Å². The Bertz CT molecular complexity index is 409. The van der Waals surface area contributed by atoms with Crippen LogP contribution in [-0.4, -0.2) is 33.2 Å². The Morgan fingerprint density at radius 1 is 1.50 bits per heavy atom. The van der Waals surface area contributed by atoms with Gasteiger partial charge in [-0.15, -0.1) is 11.3 Å². The molecule has 1 N–H and O–H groups in total. The molecule has 1 aliphatic rings. The highest BCUT2D eigenvalue weighted by Crippen LogP contribution is 2.21. The lowest BCUT2D eigenvalue weighted by Gasteiger charge is -2.32. The van der Waals surface area contributed by atoms with E-state index in [1.165, 1.54) is 37.3 Å². The Hall–Kier alpha value is -1.20. The summed E-state index contributed by atoms with van der Waals surface area (Å²) < 4.78 is 0. The number of nitrogens with zero attached hydrogens (tertiary/aromatic N) is 3. The molecule has 0 bridgehead atoms. The van der Waals surface area contributed by atoms with Gasteiger partial charge in [0.1, 0.15) is 0 Å². The molecule has 0 spiro atoms. The summed E-state index contributed by atoms with van der Waals surface area (Å²) in [6.07, 6.45) is 5.58. The highest BCUT2D eigenvalue weighted by atomic mass is 32.1. The molecule has 3 heterocycles. The average Bonchev–Trinajstić information content (AvgIpc) is 3.03. The number of aromatic nitrogens is 3. The van der Waals surface area contributed by atoms with Gasteiger partial charge in [-0.1, -0.05) is 0 Å². The topological polar surface area (TPSA) is 44.8 Å². The first kappa shape index (κ1) is 11.9. The molecule has 1 fully saturated rings. The van der Waals surface area contributed by atoms with E-state index in [9.17, 15) is 0 Å². The first-order valence-corrected chi connectivity index (χ1v) is 7.42. The van der Waals surface area contributed by atoms with E-state index in [4.69, 9.17) is 0 Å². The third-order valence-electron chi connectivity index (χ3n) is 3.54. The lowest BCUT2D eigenvalue weighted by atomic mass is 9.93. The second-order valence-corrected chi connectivity index (χ2v) is 5.73. The highest BCUT2D eigenvalue weighted by Gasteiger charge is 2.20. The van der Waals surface area contributed by atoms with Gasteiger partial charge in [-0.25, -0.2) is 4.98 Å². The smallest absolute Gasteiger partial charge is 0.0795 e. The second kappa shape index (κ2) is 5.63. The van der Waals surface area contributed by atoms with Crippen molar-refractivity contribution in [2.75, 3.05) is 13.1 Å². The van der Waals surface area contributed by atoms with Crippen molar-refractivity contribution in [1.82, 2.24) is 20.1 Å². The first-order chi connectivity index (χ1) is 8.90. The molecule has 0 radical (unpaired) electrons. The van der Waals surface area contributed by atoms with Crippen LogP contribution in [-0.2, 0) is 13.0 Å². The van der Waals surface area contributed by atoms with E-state index in [1.807, 2.05) is 11.7 Å². The number of thiazole rings is 1. The Morgan fingerprint density at radius 2 is 2.50 bits per heavy atom. The SMILES string of the molecule is c1cc(CC2CCCN(Cc3cscn3)C2)[nH]n1. The minimum absolute atomic E-state index is 0.748. The molecule has 4 nitrogen and oxygen atoms in total. The van der Waals surface area contributed by atoms with Gasteiger partial charge in [0.2, 0.25) is 0 Å². The molecule has 2 aromatic rings. The number of nitrogens with one attached hydrogen (secondary N) is 1. The maximum atomic E-state index is 4.37. The minimum Gasteiger partial charge on any atom is -0.297 e. The van der Waals surface area contributed by atoms with E-state index in [0.29, 0.717) is 0 Å². The summed E-state index contributed by atoms with van der Waals surface area (Å²) in [6.45, 7) is 3.39. The van der Waals surface area contributed by atoms with Crippen molar-refractivity contribution in [3.8, 4) is 0 Å². The lowest BCUT2D eigenvalue weighted by molar-refractivity contribution is 0.165. The second-order valence-electron chi connectivity index (χ2n) is 5.01. The van der Waals surface area contributed by atoms with Gasteiger partial charge in [-0.05, 0) is 37.8 Å². The molecule has 1 unspecified atom stereocenters. The quantitative estimate of drug-likeness (QED) is 0.919. The third-order valence-corrected chi connectivity index (χ3v) is 4.17. The zero-order valence-corrected chi connectivity index (χ0v) is 11.2. The molecular formula is C13H18N4S. The van der Waals surface area contributed by atoms with Crippen molar-refractivity contribution in [2.24, 2.45) is 5.92 Å². The van der Waals surface area contributed by atoms with Crippen LogP contribution in [0.25, 0.3) is 0 Å². The van der Waals surface area contributed by atoms with E-state index >= 15 is 0 Å². The largest absolute Gasteiger partial charge is 0.297 e. The van der Waals surface area contributed by atoms with Crippen LogP contribution in [0, 0.1) is 5.92 Å². The van der Waals surface area contributed by atoms with Crippen molar-refractivity contribution < 1.29 is 0 Å². The number of hydrogen-bond donors (Lipinski definition) is 1. The highest BCUT2D eigenvalue weighted by molar-refractivity contribution is 7.07. The zero-order valence-electron chi connectivity index (χ0n) is 10.4. The minimum atomic E-state index is 0.748. The Kier molecular flexibility index (Phi) is 3.71. The van der Waals surface area contributed by atoms with Crippen LogP contribution < -0.4 is 0 Å². The molecule has 96 valence electrons. The molecular weight excluding hydrogens is 244 g/mol. The van der Waals surface area contributed by atoms with Crippen LogP contribution in [0.5, 0.6) is 0 Å². The van der Waals surface area contributed by atoms with Gasteiger partial charge in [0.25, 0.3) is 0 Å². The molecule has 5 heteroatoms. The maximum Gasteiger partial charge on any atom is 0.0795 e. The molecule has 2 aromatic heterocycles. The third kappa shape index (κ3) is 2.97. The summed E-state index contributed by atoms with van der Waals surface area (Å²) in [4.78, 5) is 6.90. The molecule has 0 aliphatic carbocycles. The molecule has 1 aliphatic heterocycles. The van der Waals surface area contributed by atoms with Crippen molar-refractivity contribution >= 4 is 11.3 Å². The van der Waals surface area contributed by atoms with E-state index in [0.717, 1.165) is 18.9 Å². The molecule has 3 rings (SSSR count). The summed E-state index contributed by atoms with van der Waals surface area (Å²) in [5.41, 5.74) is 4.39. The maximum absolute atomic E-state index is 4.37. The zero-order chi connectivity index (χ0) is 12.2. The molecule has 1 atom stereocenters. The standard InChI is InChI=1S/C13H18N4S/c1-2-11(6-12-3-4-15-16-12)7-17(5-1)8-13-9-18-10-14-13/h3-4,9-11H,1-2,5-8H2,(H,15,16). The fourth-order valence-electron chi connectivity index (χ4n) is 2.72. The van der Waals surface area contributed by atoms with Gasteiger partial charge >= 0.3 is 0 Å². The predicted molar refractivity (Wildman–Crippen MR) is 72.4 cm³/mol. The summed E-state index contributed by atoms with van der Waals surface area (Å²) in [6, 6.07) is 2.08. The lowest BCUT2D eigenvalue weighted by Crippen LogP contribution is -2.35. The number of H-pyrrole nitrogens is 1. The number of rotatable bonds is 4. The number of aromatic amines is 1. The Morgan fingerprint density at radius 3 is 3.28 bits per heavy atom. The summed E-state index contributed by atoms with van der Waals surface area (Å²) in [5.74, 6) is 0.748. The van der Waals surface area contributed by atoms with Crippen molar-refractivity contribution in [3.63, 3.8) is 0 Å². The van der Waals surface area contributed by atoms with E-state index < -0.39 is 0 Å². The van der Waals surface area contributed by atoms with Gasteiger partial charge < -0.3 is 0 Å². The van der Waals surface area contributed by atoms with Gasteiger partial charge in [-0.2, -0.15) is 5.10 Å². The van der Waals surface area contributed by atoms with Crippen LogP contribution in [0.4, 0.5) is 0 Å². The summed E-state index contributed by atoms with van der Waals surface area (Å²) in [5, 5.41) is 9.24.